The van der Waals surface area contributed by atoms with Gasteiger partial charge in [0, 0.05) is 17.5 Å². The fourth-order valence-corrected chi connectivity index (χ4v) is 1.70. The Labute approximate surface area is 109 Å². The van der Waals surface area contributed by atoms with Crippen molar-refractivity contribution < 1.29 is 9.53 Å². The van der Waals surface area contributed by atoms with E-state index in [-0.39, 0.29) is 11.9 Å². The molecule has 1 unspecified atom stereocenters. The third-order valence-electron chi connectivity index (χ3n) is 3.27. The van der Waals surface area contributed by atoms with Gasteiger partial charge < -0.3 is 10.5 Å². The smallest absolute Gasteiger partial charge is 0.169 e. The van der Waals surface area contributed by atoms with E-state index in [1.54, 1.807) is 0 Å². The van der Waals surface area contributed by atoms with E-state index >= 15 is 0 Å². The Morgan fingerprint density at radius 2 is 1.89 bits per heavy atom. The molecule has 0 saturated carbocycles. The Morgan fingerprint density at radius 3 is 2.28 bits per heavy atom. The van der Waals surface area contributed by atoms with Crippen molar-refractivity contribution in [3.05, 3.63) is 29.8 Å². The third-order valence-corrected chi connectivity index (χ3v) is 3.27. The number of ether oxygens (including phenoxy) is 1. The van der Waals surface area contributed by atoms with Crippen LogP contribution in [-0.2, 0) is 0 Å². The second kappa shape index (κ2) is 6.01. The molecule has 0 aliphatic heterocycles. The summed E-state index contributed by atoms with van der Waals surface area (Å²) >= 11 is 0. The zero-order valence-electron chi connectivity index (χ0n) is 11.7. The molecule has 0 aromatic heterocycles. The van der Waals surface area contributed by atoms with Gasteiger partial charge in [0.05, 0.1) is 6.10 Å². The average Bonchev–Trinajstić information content (AvgIpc) is 2.37. The van der Waals surface area contributed by atoms with Crippen LogP contribution in [-0.4, -0.2) is 18.4 Å². The number of hydrogen-bond acceptors (Lipinski definition) is 3. The summed E-state index contributed by atoms with van der Waals surface area (Å²) in [6.45, 7) is 8.21. The number of rotatable bonds is 6. The molecule has 2 N–H and O–H groups in total. The molecule has 1 rings (SSSR count). The molecule has 3 heteroatoms. The highest BCUT2D eigenvalue weighted by Gasteiger charge is 2.30. The molecule has 0 radical (unpaired) electrons. The number of benzene rings is 1. The van der Waals surface area contributed by atoms with Crippen molar-refractivity contribution in [1.29, 1.82) is 0 Å². The Balaban J connectivity index is 2.88. The summed E-state index contributed by atoms with van der Waals surface area (Å²) in [5.74, 6) is 0.885. The Morgan fingerprint density at radius 1 is 1.33 bits per heavy atom. The monoisotopic (exact) mass is 249 g/mol. The predicted molar refractivity (Wildman–Crippen MR) is 74.0 cm³/mol. The van der Waals surface area contributed by atoms with Gasteiger partial charge in [0.2, 0.25) is 0 Å². The highest BCUT2D eigenvalue weighted by atomic mass is 16.5. The molecular weight excluding hydrogens is 226 g/mol. The van der Waals surface area contributed by atoms with E-state index in [9.17, 15) is 4.79 Å². The van der Waals surface area contributed by atoms with Crippen LogP contribution in [0.5, 0.6) is 5.75 Å². The molecule has 0 bridgehead atoms. The van der Waals surface area contributed by atoms with Crippen molar-refractivity contribution in [3.63, 3.8) is 0 Å². The Hall–Kier alpha value is -1.35. The van der Waals surface area contributed by atoms with Crippen LogP contribution >= 0.6 is 0 Å². The van der Waals surface area contributed by atoms with Gasteiger partial charge in [-0.05, 0) is 44.5 Å². The van der Waals surface area contributed by atoms with E-state index in [4.69, 9.17) is 10.5 Å². The number of nitrogens with two attached hydrogens (primary N) is 1. The lowest BCUT2D eigenvalue weighted by Gasteiger charge is -2.24. The van der Waals surface area contributed by atoms with Gasteiger partial charge in [-0.25, -0.2) is 0 Å². The molecule has 0 heterocycles. The number of hydrogen-bond donors (Lipinski definition) is 1. The molecule has 100 valence electrons. The van der Waals surface area contributed by atoms with Gasteiger partial charge in [-0.3, -0.25) is 4.79 Å². The lowest BCUT2D eigenvalue weighted by atomic mass is 9.80. The van der Waals surface area contributed by atoms with E-state index < -0.39 is 5.41 Å². The number of Topliss-reactive ketones (excluding diaryl/α,β-unsaturated/α-hetero) is 1. The van der Waals surface area contributed by atoms with Crippen LogP contribution < -0.4 is 10.5 Å². The van der Waals surface area contributed by atoms with E-state index in [1.807, 2.05) is 52.0 Å². The number of ketones is 1. The minimum atomic E-state index is -0.472. The van der Waals surface area contributed by atoms with Crippen LogP contribution in [0.25, 0.3) is 0 Å². The summed E-state index contributed by atoms with van der Waals surface area (Å²) in [4.78, 5) is 12.3. The lowest BCUT2D eigenvalue weighted by Crippen LogP contribution is -2.35. The molecule has 0 spiro atoms. The van der Waals surface area contributed by atoms with E-state index in [1.165, 1.54) is 0 Å². The molecule has 0 aliphatic rings. The van der Waals surface area contributed by atoms with Crippen LogP contribution in [0.3, 0.4) is 0 Å². The summed E-state index contributed by atoms with van der Waals surface area (Å²) in [5, 5.41) is 0. The van der Waals surface area contributed by atoms with E-state index in [2.05, 4.69) is 0 Å². The molecule has 3 nitrogen and oxygen atoms in total. The highest BCUT2D eigenvalue weighted by Crippen LogP contribution is 2.26. The first-order valence-electron chi connectivity index (χ1n) is 6.44. The molecule has 0 amide bonds. The Bertz CT molecular complexity index is 391. The van der Waals surface area contributed by atoms with Gasteiger partial charge in [-0.1, -0.05) is 13.8 Å². The SMILES string of the molecule is CCC(C)(CN)C(=O)c1ccc(OC(C)C)cc1. The highest BCUT2D eigenvalue weighted by molar-refractivity contribution is 6.00. The van der Waals surface area contributed by atoms with Crippen LogP contribution in [0.2, 0.25) is 0 Å². The van der Waals surface area contributed by atoms with Crippen LogP contribution in [0.1, 0.15) is 44.5 Å². The first kappa shape index (κ1) is 14.7. The van der Waals surface area contributed by atoms with E-state index in [0.717, 1.165) is 12.2 Å². The minimum Gasteiger partial charge on any atom is -0.491 e. The van der Waals surface area contributed by atoms with Gasteiger partial charge in [0.1, 0.15) is 5.75 Å². The number of carbonyl (C=O) groups is 1. The summed E-state index contributed by atoms with van der Waals surface area (Å²) in [6, 6.07) is 7.28. The summed E-state index contributed by atoms with van der Waals surface area (Å²) < 4.78 is 5.55. The van der Waals surface area contributed by atoms with Crippen LogP contribution in [0.4, 0.5) is 0 Å². The quantitative estimate of drug-likeness (QED) is 0.788. The fraction of sp³-hybridized carbons (Fsp3) is 0.533. The zero-order chi connectivity index (χ0) is 13.8. The second-order valence-electron chi connectivity index (χ2n) is 5.14. The topological polar surface area (TPSA) is 52.3 Å². The first-order valence-corrected chi connectivity index (χ1v) is 6.44. The fourth-order valence-electron chi connectivity index (χ4n) is 1.70. The molecule has 0 fully saturated rings. The number of carbonyl (C=O) groups excluding carboxylic acids is 1. The Kier molecular flexibility index (Phi) is 4.91. The van der Waals surface area contributed by atoms with Crippen molar-refractivity contribution in [1.82, 2.24) is 0 Å². The van der Waals surface area contributed by atoms with Gasteiger partial charge in [-0.2, -0.15) is 0 Å². The first-order chi connectivity index (χ1) is 8.42. The van der Waals surface area contributed by atoms with Gasteiger partial charge >= 0.3 is 0 Å². The standard InChI is InChI=1S/C15H23NO2/c1-5-15(4,10-16)14(17)12-6-8-13(9-7-12)18-11(2)3/h6-9,11H,5,10,16H2,1-4H3. The summed E-state index contributed by atoms with van der Waals surface area (Å²) in [6.07, 6.45) is 0.878. The minimum absolute atomic E-state index is 0.101. The van der Waals surface area contributed by atoms with Crippen molar-refractivity contribution in [2.45, 2.75) is 40.2 Å². The normalized spacial score (nSPS) is 14.3. The van der Waals surface area contributed by atoms with Crippen molar-refractivity contribution >= 4 is 5.78 Å². The molecule has 1 atom stereocenters. The van der Waals surface area contributed by atoms with Gasteiger partial charge in [-0.15, -0.1) is 0 Å². The molecule has 1 aromatic rings. The maximum atomic E-state index is 12.3. The molecule has 0 aliphatic carbocycles. The second-order valence-corrected chi connectivity index (χ2v) is 5.14. The maximum Gasteiger partial charge on any atom is 0.169 e. The molecule has 0 saturated heterocycles. The summed E-state index contributed by atoms with van der Waals surface area (Å²) in [5.41, 5.74) is 5.93. The third kappa shape index (κ3) is 3.33. The zero-order valence-corrected chi connectivity index (χ0v) is 11.7. The van der Waals surface area contributed by atoms with Crippen molar-refractivity contribution in [2.75, 3.05) is 6.54 Å². The molecular formula is C15H23NO2. The maximum absolute atomic E-state index is 12.3. The lowest BCUT2D eigenvalue weighted by molar-refractivity contribution is 0.0820. The van der Waals surface area contributed by atoms with Gasteiger partial charge in [0.15, 0.2) is 5.78 Å². The summed E-state index contributed by atoms with van der Waals surface area (Å²) in [7, 11) is 0. The largest absolute Gasteiger partial charge is 0.491 e. The van der Waals surface area contributed by atoms with Crippen LogP contribution in [0, 0.1) is 5.41 Å². The predicted octanol–water partition coefficient (Wildman–Crippen LogP) is 3.03. The van der Waals surface area contributed by atoms with Crippen LogP contribution in [0.15, 0.2) is 24.3 Å². The average molecular weight is 249 g/mol. The van der Waals surface area contributed by atoms with Gasteiger partial charge in [0.25, 0.3) is 0 Å². The molecule has 18 heavy (non-hydrogen) atoms. The van der Waals surface area contributed by atoms with Crippen molar-refractivity contribution in [2.24, 2.45) is 11.1 Å². The molecule has 1 aromatic carbocycles. The van der Waals surface area contributed by atoms with Crippen molar-refractivity contribution in [3.8, 4) is 5.75 Å². The van der Waals surface area contributed by atoms with E-state index in [0.29, 0.717) is 12.1 Å².